The van der Waals surface area contributed by atoms with E-state index in [0.29, 0.717) is 10.6 Å². The first-order chi connectivity index (χ1) is 14.9. The number of halogens is 1. The Kier molecular flexibility index (Phi) is 6.35. The molecule has 1 N–H and O–H groups in total. The number of ether oxygens (including phenoxy) is 2. The van der Waals surface area contributed by atoms with E-state index < -0.39 is 40.9 Å². The molecule has 2 amide bonds. The van der Waals surface area contributed by atoms with Crippen molar-refractivity contribution in [2.24, 2.45) is 0 Å². The van der Waals surface area contributed by atoms with Crippen molar-refractivity contribution in [3.63, 3.8) is 0 Å². The number of ketones is 1. The summed E-state index contributed by atoms with van der Waals surface area (Å²) in [6.45, 7) is 6.27. The van der Waals surface area contributed by atoms with Crippen molar-refractivity contribution in [3.05, 3.63) is 51.2 Å². The van der Waals surface area contributed by atoms with E-state index in [9.17, 15) is 19.2 Å². The molecule has 2 aromatic rings. The number of anilines is 1. The molecule has 0 saturated heterocycles. The van der Waals surface area contributed by atoms with E-state index in [-0.39, 0.29) is 10.6 Å². The topological polar surface area (TPSA) is 102 Å². The Morgan fingerprint density at radius 1 is 1.22 bits per heavy atom. The Labute approximate surface area is 194 Å². The summed E-state index contributed by atoms with van der Waals surface area (Å²) >= 11 is 7.27. The summed E-state index contributed by atoms with van der Waals surface area (Å²) in [5, 5.41) is 4.59. The number of esters is 1. The van der Waals surface area contributed by atoms with Gasteiger partial charge < -0.3 is 14.8 Å². The van der Waals surface area contributed by atoms with Crippen LogP contribution in [-0.2, 0) is 19.1 Å². The van der Waals surface area contributed by atoms with Crippen LogP contribution < -0.4 is 10.2 Å². The third-order valence-corrected chi connectivity index (χ3v) is 6.00. The Morgan fingerprint density at radius 3 is 2.47 bits per heavy atom. The average Bonchev–Trinajstić information content (AvgIpc) is 3.24. The van der Waals surface area contributed by atoms with Crippen LogP contribution >= 0.6 is 22.9 Å². The van der Waals surface area contributed by atoms with E-state index in [1.54, 1.807) is 50.4 Å². The Balaban J connectivity index is 2.27. The normalized spacial score (nSPS) is 18.7. The van der Waals surface area contributed by atoms with Gasteiger partial charge in [0.05, 0.1) is 23.7 Å². The zero-order chi connectivity index (χ0) is 23.8. The molecule has 0 bridgehead atoms. The van der Waals surface area contributed by atoms with E-state index >= 15 is 0 Å². The standard InChI is InChI=1S/C22H23ClN2O6S/c1-12(26)25-15-9-10-32-16(15)18(27)22(25,19(28)30-5)17(13-7-6-8-14(23)11-13)24-20(29)31-21(2,3)4/h6-11,17H,1-5H3,(H,24,29)/t17-,22+/m0/s1. The van der Waals surface area contributed by atoms with Crippen LogP contribution in [0, 0.1) is 0 Å². The number of nitrogens with one attached hydrogen (secondary N) is 1. The number of thiophene rings is 1. The number of benzene rings is 1. The first kappa shape index (κ1) is 23.7. The summed E-state index contributed by atoms with van der Waals surface area (Å²) < 4.78 is 10.4. The van der Waals surface area contributed by atoms with Gasteiger partial charge >= 0.3 is 12.1 Å². The third-order valence-electron chi connectivity index (χ3n) is 4.86. The third kappa shape index (κ3) is 3.98. The Morgan fingerprint density at radius 2 is 1.91 bits per heavy atom. The van der Waals surface area contributed by atoms with Gasteiger partial charge in [0.15, 0.2) is 0 Å². The second-order valence-corrected chi connectivity index (χ2v) is 9.56. The first-order valence-corrected chi connectivity index (χ1v) is 11.0. The predicted octanol–water partition coefficient (Wildman–Crippen LogP) is 4.13. The molecule has 1 aliphatic rings. The van der Waals surface area contributed by atoms with Crippen molar-refractivity contribution < 1.29 is 28.7 Å². The Hall–Kier alpha value is -2.91. The summed E-state index contributed by atoms with van der Waals surface area (Å²) in [5.74, 6) is -2.23. The summed E-state index contributed by atoms with van der Waals surface area (Å²) in [7, 11) is 1.12. The van der Waals surface area contributed by atoms with Crippen molar-refractivity contribution in [1.29, 1.82) is 0 Å². The molecule has 0 radical (unpaired) electrons. The minimum absolute atomic E-state index is 0.212. The molecule has 0 spiro atoms. The maximum Gasteiger partial charge on any atom is 0.408 e. The number of fused-ring (bicyclic) bond motifs is 1. The molecule has 1 aromatic carbocycles. The molecule has 0 aliphatic carbocycles. The molecule has 1 aliphatic heterocycles. The quantitative estimate of drug-likeness (QED) is 0.523. The molecule has 10 heteroatoms. The first-order valence-electron chi connectivity index (χ1n) is 9.70. The number of nitrogens with zero attached hydrogens (tertiary/aromatic N) is 1. The highest BCUT2D eigenvalue weighted by Crippen LogP contribution is 2.48. The molecule has 0 fully saturated rings. The summed E-state index contributed by atoms with van der Waals surface area (Å²) in [4.78, 5) is 54.0. The second kappa shape index (κ2) is 8.55. The highest BCUT2D eigenvalue weighted by Gasteiger charge is 2.65. The lowest BCUT2D eigenvalue weighted by molar-refractivity contribution is -0.147. The van der Waals surface area contributed by atoms with Gasteiger partial charge in [-0.15, -0.1) is 11.3 Å². The molecule has 0 saturated carbocycles. The smallest absolute Gasteiger partial charge is 0.408 e. The number of alkyl carbamates (subject to hydrolysis) is 1. The number of methoxy groups -OCH3 is 1. The van der Waals surface area contributed by atoms with Gasteiger partial charge in [0.1, 0.15) is 5.60 Å². The predicted molar refractivity (Wildman–Crippen MR) is 120 cm³/mol. The number of amides is 2. The van der Waals surface area contributed by atoms with Crippen LogP contribution in [0.4, 0.5) is 10.5 Å². The highest BCUT2D eigenvalue weighted by molar-refractivity contribution is 7.13. The SMILES string of the molecule is COC(=O)[C@@]1([C@@H](NC(=O)OC(C)(C)C)c2cccc(Cl)c2)C(=O)c2sccc2N1C(C)=O. The van der Waals surface area contributed by atoms with Gasteiger partial charge in [-0.1, -0.05) is 23.7 Å². The van der Waals surface area contributed by atoms with Gasteiger partial charge in [0, 0.05) is 11.9 Å². The second-order valence-electron chi connectivity index (χ2n) is 8.21. The molecular formula is C22H23ClN2O6S. The maximum atomic E-state index is 13.8. The number of carbonyl (C=O) groups is 4. The van der Waals surface area contributed by atoms with Gasteiger partial charge in [-0.25, -0.2) is 9.59 Å². The number of carbonyl (C=O) groups excluding carboxylic acids is 4. The van der Waals surface area contributed by atoms with Crippen LogP contribution in [0.3, 0.4) is 0 Å². The van der Waals surface area contributed by atoms with Gasteiger partial charge in [-0.3, -0.25) is 14.5 Å². The van der Waals surface area contributed by atoms with E-state index in [0.717, 1.165) is 23.3 Å². The fourth-order valence-electron chi connectivity index (χ4n) is 3.79. The van der Waals surface area contributed by atoms with Crippen LogP contribution in [0.25, 0.3) is 0 Å². The fraction of sp³-hybridized carbons (Fsp3) is 0.364. The average molecular weight is 479 g/mol. The molecule has 32 heavy (non-hydrogen) atoms. The molecule has 2 atom stereocenters. The molecular weight excluding hydrogens is 456 g/mol. The number of rotatable bonds is 4. The van der Waals surface area contributed by atoms with Crippen molar-refractivity contribution in [1.82, 2.24) is 5.32 Å². The summed E-state index contributed by atoms with van der Waals surface area (Å²) in [6.07, 6.45) is -0.877. The van der Waals surface area contributed by atoms with E-state index in [4.69, 9.17) is 21.1 Å². The van der Waals surface area contributed by atoms with Gasteiger partial charge in [-0.2, -0.15) is 0 Å². The van der Waals surface area contributed by atoms with Crippen LogP contribution in [0.1, 0.15) is 49.0 Å². The number of Topliss-reactive ketones (excluding diaryl/α,β-unsaturated/α-hetero) is 1. The van der Waals surface area contributed by atoms with Crippen molar-refractivity contribution >= 4 is 52.4 Å². The van der Waals surface area contributed by atoms with Crippen LogP contribution in [0.2, 0.25) is 5.02 Å². The molecule has 170 valence electrons. The molecule has 3 rings (SSSR count). The molecule has 8 nitrogen and oxygen atoms in total. The minimum atomic E-state index is -2.22. The largest absolute Gasteiger partial charge is 0.467 e. The van der Waals surface area contributed by atoms with Crippen LogP contribution in [0.15, 0.2) is 35.7 Å². The maximum absolute atomic E-state index is 13.8. The Bertz CT molecular complexity index is 1090. The lowest BCUT2D eigenvalue weighted by Gasteiger charge is -2.40. The fourth-order valence-corrected chi connectivity index (χ4v) is 4.86. The number of hydrogen-bond donors (Lipinski definition) is 1. The van der Waals surface area contributed by atoms with E-state index in [1.165, 1.54) is 13.0 Å². The summed E-state index contributed by atoms with van der Waals surface area (Å²) in [6, 6.07) is 6.55. The van der Waals surface area contributed by atoms with Crippen molar-refractivity contribution in [3.8, 4) is 0 Å². The highest BCUT2D eigenvalue weighted by atomic mass is 35.5. The minimum Gasteiger partial charge on any atom is -0.467 e. The van der Waals surface area contributed by atoms with E-state index in [1.807, 2.05) is 0 Å². The van der Waals surface area contributed by atoms with Crippen LogP contribution in [-0.4, -0.2) is 42.0 Å². The van der Waals surface area contributed by atoms with Crippen LogP contribution in [0.5, 0.6) is 0 Å². The van der Waals surface area contributed by atoms with Gasteiger partial charge in [0.25, 0.3) is 0 Å². The number of hydrogen-bond acceptors (Lipinski definition) is 7. The van der Waals surface area contributed by atoms with Crippen molar-refractivity contribution in [2.75, 3.05) is 12.0 Å². The molecule has 2 heterocycles. The summed E-state index contributed by atoms with van der Waals surface area (Å²) in [5.41, 5.74) is -2.47. The van der Waals surface area contributed by atoms with Gasteiger partial charge in [-0.05, 0) is 49.9 Å². The van der Waals surface area contributed by atoms with E-state index in [2.05, 4.69) is 5.32 Å². The zero-order valence-corrected chi connectivity index (χ0v) is 19.8. The van der Waals surface area contributed by atoms with Crippen molar-refractivity contribution in [2.45, 2.75) is 44.9 Å². The molecule has 0 unspecified atom stereocenters. The van der Waals surface area contributed by atoms with Gasteiger partial charge in [0.2, 0.25) is 17.2 Å². The lowest BCUT2D eigenvalue weighted by atomic mass is 9.81. The zero-order valence-electron chi connectivity index (χ0n) is 18.2. The lowest BCUT2D eigenvalue weighted by Crippen LogP contribution is -2.66. The monoisotopic (exact) mass is 478 g/mol. The molecule has 1 aromatic heterocycles.